The van der Waals surface area contributed by atoms with Gasteiger partial charge in [-0.15, -0.1) is 0 Å². The third-order valence-corrected chi connectivity index (χ3v) is 4.42. The Morgan fingerprint density at radius 1 is 1.33 bits per heavy atom. The minimum absolute atomic E-state index is 0.229. The van der Waals surface area contributed by atoms with Crippen molar-refractivity contribution in [3.63, 3.8) is 0 Å². The van der Waals surface area contributed by atoms with Crippen molar-refractivity contribution in [3.8, 4) is 0 Å². The first kappa shape index (κ1) is 18.1. The molecule has 0 amide bonds. The molecule has 0 heterocycles. The van der Waals surface area contributed by atoms with Crippen molar-refractivity contribution in [3.05, 3.63) is 34.1 Å². The summed E-state index contributed by atoms with van der Waals surface area (Å²) in [6.07, 6.45) is 0.229. The predicted octanol–water partition coefficient (Wildman–Crippen LogP) is 4.10. The quantitative estimate of drug-likeness (QED) is 0.686. The third-order valence-electron chi connectivity index (χ3n) is 3.77. The van der Waals surface area contributed by atoms with Gasteiger partial charge in [-0.1, -0.05) is 35.8 Å². The Morgan fingerprint density at radius 2 is 1.95 bits per heavy atom. The molecule has 1 aromatic carbocycles. The van der Waals surface area contributed by atoms with E-state index in [9.17, 15) is 9.18 Å². The lowest BCUT2D eigenvalue weighted by Gasteiger charge is -2.40. The second kappa shape index (κ2) is 7.90. The number of hydrogen-bond donors (Lipinski definition) is 0. The summed E-state index contributed by atoms with van der Waals surface area (Å²) < 4.78 is 19.1. The van der Waals surface area contributed by atoms with E-state index in [0.29, 0.717) is 11.1 Å². The van der Waals surface area contributed by atoms with Gasteiger partial charge in [-0.05, 0) is 44.6 Å². The fraction of sp³-hybridized carbons (Fsp3) is 0.562. The molecule has 21 heavy (non-hydrogen) atoms. The van der Waals surface area contributed by atoms with E-state index in [-0.39, 0.29) is 18.2 Å². The van der Waals surface area contributed by atoms with E-state index >= 15 is 0 Å². The average molecular weight is 360 g/mol. The maximum atomic E-state index is 13.3. The second-order valence-corrected chi connectivity index (χ2v) is 5.91. The first-order valence-corrected chi connectivity index (χ1v) is 8.04. The van der Waals surface area contributed by atoms with Crippen LogP contribution in [0.25, 0.3) is 0 Å². The SMILES string of the molecule is CCOC(=O)CC(C)(c1ccc(F)cc1Br)N(CC)CC. The minimum atomic E-state index is -0.539. The van der Waals surface area contributed by atoms with Gasteiger partial charge in [0.2, 0.25) is 0 Å². The summed E-state index contributed by atoms with van der Waals surface area (Å²) in [5.74, 6) is -0.549. The van der Waals surface area contributed by atoms with Crippen LogP contribution in [0.5, 0.6) is 0 Å². The monoisotopic (exact) mass is 359 g/mol. The van der Waals surface area contributed by atoms with E-state index in [2.05, 4.69) is 20.8 Å². The number of carbonyl (C=O) groups is 1. The Balaban J connectivity index is 3.26. The molecule has 5 heteroatoms. The zero-order valence-corrected chi connectivity index (χ0v) is 14.7. The lowest BCUT2D eigenvalue weighted by Crippen LogP contribution is -2.45. The number of esters is 1. The smallest absolute Gasteiger partial charge is 0.308 e. The number of benzene rings is 1. The molecule has 0 fully saturated rings. The zero-order chi connectivity index (χ0) is 16.0. The minimum Gasteiger partial charge on any atom is -0.466 e. The maximum absolute atomic E-state index is 13.3. The van der Waals surface area contributed by atoms with E-state index in [1.807, 2.05) is 20.8 Å². The van der Waals surface area contributed by atoms with Crippen LogP contribution in [0.1, 0.15) is 39.7 Å². The molecule has 0 aliphatic carbocycles. The highest BCUT2D eigenvalue weighted by molar-refractivity contribution is 9.10. The zero-order valence-electron chi connectivity index (χ0n) is 13.1. The summed E-state index contributed by atoms with van der Waals surface area (Å²) >= 11 is 3.42. The van der Waals surface area contributed by atoms with Crippen LogP contribution in [0.2, 0.25) is 0 Å². The van der Waals surface area contributed by atoms with Crippen LogP contribution >= 0.6 is 15.9 Å². The highest BCUT2D eigenvalue weighted by Crippen LogP contribution is 2.37. The fourth-order valence-corrected chi connectivity index (χ4v) is 3.50. The number of hydrogen-bond acceptors (Lipinski definition) is 3. The lowest BCUT2D eigenvalue weighted by molar-refractivity contribution is -0.146. The van der Waals surface area contributed by atoms with Crippen LogP contribution in [-0.4, -0.2) is 30.6 Å². The number of ether oxygens (including phenoxy) is 1. The molecule has 1 unspecified atom stereocenters. The van der Waals surface area contributed by atoms with Gasteiger partial charge in [0.1, 0.15) is 5.82 Å². The Morgan fingerprint density at radius 3 is 2.43 bits per heavy atom. The fourth-order valence-electron chi connectivity index (χ4n) is 2.72. The van der Waals surface area contributed by atoms with Crippen molar-refractivity contribution in [2.45, 2.75) is 39.7 Å². The van der Waals surface area contributed by atoms with Gasteiger partial charge >= 0.3 is 5.97 Å². The van der Waals surface area contributed by atoms with E-state index in [1.165, 1.54) is 12.1 Å². The highest BCUT2D eigenvalue weighted by atomic mass is 79.9. The largest absolute Gasteiger partial charge is 0.466 e. The van der Waals surface area contributed by atoms with Crippen LogP contribution in [0, 0.1) is 5.82 Å². The first-order valence-electron chi connectivity index (χ1n) is 7.25. The first-order chi connectivity index (χ1) is 9.88. The number of halogens is 2. The van der Waals surface area contributed by atoms with Gasteiger partial charge in [0, 0.05) is 4.47 Å². The van der Waals surface area contributed by atoms with Gasteiger partial charge < -0.3 is 4.74 Å². The molecule has 0 N–H and O–H groups in total. The molecule has 0 saturated carbocycles. The van der Waals surface area contributed by atoms with Gasteiger partial charge in [0.25, 0.3) is 0 Å². The summed E-state index contributed by atoms with van der Waals surface area (Å²) in [6, 6.07) is 4.59. The molecule has 0 saturated heterocycles. The van der Waals surface area contributed by atoms with Crippen LogP contribution < -0.4 is 0 Å². The molecular formula is C16H23BrFNO2. The standard InChI is InChI=1S/C16H23BrFNO2/c1-5-19(6-2)16(4,11-15(20)21-7-3)13-9-8-12(18)10-14(13)17/h8-10H,5-7,11H2,1-4H3. The molecule has 0 aliphatic heterocycles. The molecule has 1 atom stereocenters. The maximum Gasteiger partial charge on any atom is 0.308 e. The van der Waals surface area contributed by atoms with Crippen molar-refractivity contribution in [1.29, 1.82) is 0 Å². The van der Waals surface area contributed by atoms with Crippen molar-refractivity contribution in [1.82, 2.24) is 4.90 Å². The van der Waals surface area contributed by atoms with E-state index in [0.717, 1.165) is 18.7 Å². The summed E-state index contributed by atoms with van der Waals surface area (Å²) in [7, 11) is 0. The van der Waals surface area contributed by atoms with E-state index in [4.69, 9.17) is 4.74 Å². The van der Waals surface area contributed by atoms with Crippen molar-refractivity contribution in [2.75, 3.05) is 19.7 Å². The number of nitrogens with zero attached hydrogens (tertiary/aromatic N) is 1. The Bertz CT molecular complexity index is 491. The summed E-state index contributed by atoms with van der Waals surface area (Å²) in [6.45, 7) is 9.81. The van der Waals surface area contributed by atoms with Gasteiger partial charge in [0.05, 0.1) is 18.6 Å². The van der Waals surface area contributed by atoms with Crippen molar-refractivity contribution >= 4 is 21.9 Å². The van der Waals surface area contributed by atoms with Crippen LogP contribution in [-0.2, 0) is 15.1 Å². The summed E-state index contributed by atoms with van der Waals surface area (Å²) in [5, 5.41) is 0. The molecule has 0 bridgehead atoms. The molecule has 0 aromatic heterocycles. The normalized spacial score (nSPS) is 14.0. The van der Waals surface area contributed by atoms with Gasteiger partial charge in [-0.2, -0.15) is 0 Å². The van der Waals surface area contributed by atoms with Crippen molar-refractivity contribution < 1.29 is 13.9 Å². The molecule has 1 aromatic rings. The molecular weight excluding hydrogens is 337 g/mol. The number of carbonyl (C=O) groups excluding carboxylic acids is 1. The third kappa shape index (κ3) is 4.27. The topological polar surface area (TPSA) is 29.5 Å². The van der Waals surface area contributed by atoms with Gasteiger partial charge in [0.15, 0.2) is 0 Å². The van der Waals surface area contributed by atoms with E-state index < -0.39 is 5.54 Å². The van der Waals surface area contributed by atoms with Crippen molar-refractivity contribution in [2.24, 2.45) is 0 Å². The summed E-state index contributed by atoms with van der Waals surface area (Å²) in [4.78, 5) is 14.2. The second-order valence-electron chi connectivity index (χ2n) is 5.05. The molecule has 118 valence electrons. The highest BCUT2D eigenvalue weighted by Gasteiger charge is 2.36. The Hall–Kier alpha value is -0.940. The van der Waals surface area contributed by atoms with Crippen LogP contribution in [0.3, 0.4) is 0 Å². The summed E-state index contributed by atoms with van der Waals surface area (Å²) in [5.41, 5.74) is 0.350. The average Bonchev–Trinajstić information content (AvgIpc) is 2.39. The van der Waals surface area contributed by atoms with Gasteiger partial charge in [-0.3, -0.25) is 9.69 Å². The molecule has 3 nitrogen and oxygen atoms in total. The molecule has 0 radical (unpaired) electrons. The van der Waals surface area contributed by atoms with E-state index in [1.54, 1.807) is 13.0 Å². The van der Waals surface area contributed by atoms with Crippen LogP contribution in [0.4, 0.5) is 4.39 Å². The van der Waals surface area contributed by atoms with Gasteiger partial charge in [-0.25, -0.2) is 4.39 Å². The Kier molecular flexibility index (Phi) is 6.81. The molecule has 0 spiro atoms. The molecule has 0 aliphatic rings. The predicted molar refractivity (Wildman–Crippen MR) is 85.6 cm³/mol. The number of rotatable bonds is 7. The molecule has 1 rings (SSSR count). The Labute approximate surface area is 134 Å². The van der Waals surface area contributed by atoms with Crippen LogP contribution in [0.15, 0.2) is 22.7 Å². The lowest BCUT2D eigenvalue weighted by atomic mass is 9.86.